The fourth-order valence-corrected chi connectivity index (χ4v) is 1.61. The predicted molar refractivity (Wildman–Crippen MR) is 48.8 cm³/mol. The molecule has 2 nitrogen and oxygen atoms in total. The monoisotopic (exact) mass is 192 g/mol. The number of halogens is 2. The molecule has 1 heterocycles. The van der Waals surface area contributed by atoms with Crippen LogP contribution in [0.5, 0.6) is 0 Å². The van der Waals surface area contributed by atoms with Gasteiger partial charge in [0.1, 0.15) is 0 Å². The van der Waals surface area contributed by atoms with Crippen molar-refractivity contribution in [1.29, 1.82) is 0 Å². The number of nitrogens with one attached hydrogen (secondary N) is 1. The van der Waals surface area contributed by atoms with Gasteiger partial charge in [0.2, 0.25) is 0 Å². The average molecular weight is 192 g/mol. The molecule has 0 spiro atoms. The molecule has 0 aliphatic carbocycles. The van der Waals surface area contributed by atoms with E-state index in [2.05, 4.69) is 5.32 Å². The largest absolute Gasteiger partial charge is 0.314 e. The van der Waals surface area contributed by atoms with E-state index in [0.29, 0.717) is 26.2 Å². The third-order valence-corrected chi connectivity index (χ3v) is 2.23. The SMILES string of the molecule is CC(C)CC(F)(F)N1CCNCC1. The summed E-state index contributed by atoms with van der Waals surface area (Å²) in [4.78, 5) is 1.28. The fraction of sp³-hybridized carbons (Fsp3) is 1.00. The van der Waals surface area contributed by atoms with Crippen molar-refractivity contribution in [2.45, 2.75) is 26.3 Å². The van der Waals surface area contributed by atoms with Crippen LogP contribution in [0.25, 0.3) is 0 Å². The maximum absolute atomic E-state index is 13.5. The standard InChI is InChI=1S/C9H18F2N2/c1-8(2)7-9(10,11)13-5-3-12-4-6-13/h8,12H,3-7H2,1-2H3. The fourth-order valence-electron chi connectivity index (χ4n) is 1.61. The van der Waals surface area contributed by atoms with E-state index in [1.54, 1.807) is 0 Å². The number of nitrogens with zero attached hydrogens (tertiary/aromatic N) is 1. The third-order valence-electron chi connectivity index (χ3n) is 2.23. The summed E-state index contributed by atoms with van der Waals surface area (Å²) in [5.74, 6) is 0.0462. The molecule has 0 aromatic heterocycles. The molecule has 0 aromatic rings. The molecule has 0 saturated carbocycles. The lowest BCUT2D eigenvalue weighted by Crippen LogP contribution is -2.52. The van der Waals surface area contributed by atoms with E-state index in [1.807, 2.05) is 13.8 Å². The van der Waals surface area contributed by atoms with Crippen molar-refractivity contribution in [1.82, 2.24) is 10.2 Å². The predicted octanol–water partition coefficient (Wildman–Crippen LogP) is 1.53. The van der Waals surface area contributed by atoms with E-state index in [1.165, 1.54) is 4.90 Å². The minimum Gasteiger partial charge on any atom is -0.314 e. The molecule has 78 valence electrons. The van der Waals surface area contributed by atoms with Gasteiger partial charge in [0.05, 0.1) is 0 Å². The molecule has 0 amide bonds. The van der Waals surface area contributed by atoms with Crippen LogP contribution in [0.1, 0.15) is 20.3 Å². The molecular formula is C9H18F2N2. The van der Waals surface area contributed by atoms with Crippen LogP contribution in [0.2, 0.25) is 0 Å². The number of piperazine rings is 1. The zero-order chi connectivity index (χ0) is 9.90. The Bertz CT molecular complexity index is 154. The second kappa shape index (κ2) is 4.33. The second-order valence-corrected chi connectivity index (χ2v) is 4.00. The van der Waals surface area contributed by atoms with Gasteiger partial charge in [-0.3, -0.25) is 0 Å². The summed E-state index contributed by atoms with van der Waals surface area (Å²) in [5, 5.41) is 3.07. The average Bonchev–Trinajstić information content (AvgIpc) is 2.04. The van der Waals surface area contributed by atoms with Gasteiger partial charge in [0.15, 0.2) is 0 Å². The Morgan fingerprint density at radius 2 is 1.85 bits per heavy atom. The summed E-state index contributed by atoms with van der Waals surface area (Å²) in [6.45, 7) is 5.92. The highest BCUT2D eigenvalue weighted by atomic mass is 19.3. The van der Waals surface area contributed by atoms with Crippen LogP contribution >= 0.6 is 0 Å². The molecule has 0 radical (unpaired) electrons. The van der Waals surface area contributed by atoms with Crippen LogP contribution in [0.15, 0.2) is 0 Å². The van der Waals surface area contributed by atoms with Gasteiger partial charge < -0.3 is 5.32 Å². The van der Waals surface area contributed by atoms with Crippen LogP contribution in [0, 0.1) is 5.92 Å². The molecule has 0 aromatic carbocycles. The summed E-state index contributed by atoms with van der Waals surface area (Å²) in [5.41, 5.74) is 0. The Hall–Kier alpha value is -0.220. The lowest BCUT2D eigenvalue weighted by atomic mass is 10.1. The molecule has 0 atom stereocenters. The van der Waals surface area contributed by atoms with Crippen LogP contribution in [0.3, 0.4) is 0 Å². The Morgan fingerprint density at radius 1 is 1.31 bits per heavy atom. The molecule has 0 unspecified atom stereocenters. The minimum absolute atomic E-state index is 0.0347. The van der Waals surface area contributed by atoms with Crippen molar-refractivity contribution in [3.63, 3.8) is 0 Å². The van der Waals surface area contributed by atoms with Crippen molar-refractivity contribution in [3.8, 4) is 0 Å². The lowest BCUT2D eigenvalue weighted by Gasteiger charge is -2.35. The lowest BCUT2D eigenvalue weighted by molar-refractivity contribution is -0.161. The molecule has 13 heavy (non-hydrogen) atoms. The summed E-state index contributed by atoms with van der Waals surface area (Å²) in [7, 11) is 0. The highest BCUT2D eigenvalue weighted by molar-refractivity contribution is 4.76. The van der Waals surface area contributed by atoms with E-state index in [0.717, 1.165) is 0 Å². The van der Waals surface area contributed by atoms with Gasteiger partial charge in [-0.1, -0.05) is 13.8 Å². The first-order chi connectivity index (χ1) is 6.02. The Labute approximate surface area is 78.3 Å². The second-order valence-electron chi connectivity index (χ2n) is 4.00. The van der Waals surface area contributed by atoms with Crippen molar-refractivity contribution < 1.29 is 8.78 Å². The summed E-state index contributed by atoms with van der Waals surface area (Å²) in [6.07, 6.45) is -0.0347. The van der Waals surface area contributed by atoms with Gasteiger partial charge in [0.25, 0.3) is 0 Å². The Balaban J connectivity index is 2.45. The van der Waals surface area contributed by atoms with Gasteiger partial charge in [-0.05, 0) is 5.92 Å². The molecule has 1 rings (SSSR count). The van der Waals surface area contributed by atoms with Crippen LogP contribution < -0.4 is 5.32 Å². The van der Waals surface area contributed by atoms with E-state index >= 15 is 0 Å². The number of rotatable bonds is 3. The van der Waals surface area contributed by atoms with E-state index in [9.17, 15) is 8.78 Å². The highest BCUT2D eigenvalue weighted by Crippen LogP contribution is 2.27. The number of alkyl halides is 2. The van der Waals surface area contributed by atoms with E-state index in [4.69, 9.17) is 0 Å². The zero-order valence-corrected chi connectivity index (χ0v) is 8.32. The zero-order valence-electron chi connectivity index (χ0n) is 8.32. The van der Waals surface area contributed by atoms with Crippen LogP contribution in [-0.2, 0) is 0 Å². The molecule has 4 heteroatoms. The van der Waals surface area contributed by atoms with Gasteiger partial charge >= 0.3 is 6.05 Å². The van der Waals surface area contributed by atoms with Gasteiger partial charge in [0, 0.05) is 32.6 Å². The summed E-state index contributed by atoms with van der Waals surface area (Å²) < 4.78 is 26.9. The molecule has 1 fully saturated rings. The molecule has 1 aliphatic rings. The first kappa shape index (κ1) is 10.9. The summed E-state index contributed by atoms with van der Waals surface area (Å²) in [6, 6.07) is -2.61. The first-order valence-electron chi connectivity index (χ1n) is 4.86. The molecule has 1 saturated heterocycles. The number of hydrogen-bond acceptors (Lipinski definition) is 2. The quantitative estimate of drug-likeness (QED) is 0.682. The number of hydrogen-bond donors (Lipinski definition) is 1. The molecule has 0 bridgehead atoms. The highest BCUT2D eigenvalue weighted by Gasteiger charge is 2.37. The smallest absolute Gasteiger partial charge is 0.305 e. The van der Waals surface area contributed by atoms with Crippen molar-refractivity contribution in [2.24, 2.45) is 5.92 Å². The van der Waals surface area contributed by atoms with Crippen LogP contribution in [-0.4, -0.2) is 37.1 Å². The molecular weight excluding hydrogens is 174 g/mol. The van der Waals surface area contributed by atoms with Crippen molar-refractivity contribution >= 4 is 0 Å². The normalized spacial score (nSPS) is 21.0. The first-order valence-corrected chi connectivity index (χ1v) is 4.86. The molecule has 1 aliphatic heterocycles. The topological polar surface area (TPSA) is 15.3 Å². The van der Waals surface area contributed by atoms with Crippen molar-refractivity contribution in [3.05, 3.63) is 0 Å². The molecule has 1 N–H and O–H groups in total. The van der Waals surface area contributed by atoms with Gasteiger partial charge in [-0.2, -0.15) is 8.78 Å². The van der Waals surface area contributed by atoms with Crippen molar-refractivity contribution in [2.75, 3.05) is 26.2 Å². The maximum Gasteiger partial charge on any atom is 0.305 e. The van der Waals surface area contributed by atoms with Gasteiger partial charge in [-0.25, -0.2) is 4.90 Å². The Kier molecular flexibility index (Phi) is 3.62. The van der Waals surface area contributed by atoms with Crippen LogP contribution in [0.4, 0.5) is 8.78 Å². The van der Waals surface area contributed by atoms with E-state index < -0.39 is 6.05 Å². The third kappa shape index (κ3) is 3.19. The van der Waals surface area contributed by atoms with Gasteiger partial charge in [-0.15, -0.1) is 0 Å². The van der Waals surface area contributed by atoms with E-state index in [-0.39, 0.29) is 12.3 Å². The minimum atomic E-state index is -2.61. The Morgan fingerprint density at radius 3 is 2.31 bits per heavy atom. The maximum atomic E-state index is 13.5. The summed E-state index contributed by atoms with van der Waals surface area (Å²) >= 11 is 0.